The number of nitrogens with zero attached hydrogens (tertiary/aromatic N) is 2. The lowest BCUT2D eigenvalue weighted by molar-refractivity contribution is -0.128. The zero-order valence-corrected chi connectivity index (χ0v) is 11.8. The summed E-state index contributed by atoms with van der Waals surface area (Å²) in [5.74, 6) is -0.502. The molecule has 1 aromatic carbocycles. The highest BCUT2D eigenvalue weighted by atomic mass is 16.2. The molecule has 6 nitrogen and oxygen atoms in total. The second-order valence-corrected chi connectivity index (χ2v) is 5.31. The monoisotopic (exact) mass is 287 g/mol. The predicted molar refractivity (Wildman–Crippen MR) is 75.9 cm³/mol. The van der Waals surface area contributed by atoms with Gasteiger partial charge in [0, 0.05) is 26.2 Å². The van der Waals surface area contributed by atoms with Gasteiger partial charge in [-0.2, -0.15) is 0 Å². The molecule has 1 fully saturated rings. The Morgan fingerprint density at radius 1 is 1.10 bits per heavy atom. The molecule has 0 radical (unpaired) electrons. The first-order valence-electron chi connectivity index (χ1n) is 7.06. The minimum atomic E-state index is -0.246. The Bertz CT molecular complexity index is 579. The first-order chi connectivity index (χ1) is 10.1. The number of nitrogens with one attached hydrogen (secondary N) is 1. The molecular weight excluding hydrogens is 270 g/mol. The summed E-state index contributed by atoms with van der Waals surface area (Å²) in [6.07, 6.45) is 0. The molecule has 110 valence electrons. The first-order valence-corrected chi connectivity index (χ1v) is 7.06. The highest BCUT2D eigenvalue weighted by molar-refractivity contribution is 6.21. The van der Waals surface area contributed by atoms with E-state index in [0.29, 0.717) is 30.8 Å². The van der Waals surface area contributed by atoms with E-state index in [2.05, 4.69) is 5.32 Å². The number of rotatable bonds is 3. The summed E-state index contributed by atoms with van der Waals surface area (Å²) in [5.41, 5.74) is 0.930. The summed E-state index contributed by atoms with van der Waals surface area (Å²) in [5, 5.41) is 2.79. The second kappa shape index (κ2) is 5.29. The van der Waals surface area contributed by atoms with Crippen molar-refractivity contribution in [1.29, 1.82) is 0 Å². The van der Waals surface area contributed by atoms with Crippen molar-refractivity contribution in [1.82, 2.24) is 15.1 Å². The van der Waals surface area contributed by atoms with E-state index in [1.807, 2.05) is 11.8 Å². The van der Waals surface area contributed by atoms with Crippen LogP contribution in [0.5, 0.6) is 0 Å². The van der Waals surface area contributed by atoms with Gasteiger partial charge in [0.1, 0.15) is 0 Å². The highest BCUT2D eigenvalue weighted by Crippen LogP contribution is 2.22. The number of hydrogen-bond donors (Lipinski definition) is 1. The molecule has 1 unspecified atom stereocenters. The van der Waals surface area contributed by atoms with Crippen molar-refractivity contribution in [2.75, 3.05) is 26.2 Å². The molecule has 0 bridgehead atoms. The van der Waals surface area contributed by atoms with E-state index in [4.69, 9.17) is 0 Å². The van der Waals surface area contributed by atoms with Gasteiger partial charge in [0.2, 0.25) is 5.91 Å². The van der Waals surface area contributed by atoms with Crippen LogP contribution in [0.1, 0.15) is 27.6 Å². The average molecular weight is 287 g/mol. The van der Waals surface area contributed by atoms with Crippen LogP contribution in [0.4, 0.5) is 0 Å². The summed E-state index contributed by atoms with van der Waals surface area (Å²) >= 11 is 0. The Morgan fingerprint density at radius 3 is 2.33 bits per heavy atom. The van der Waals surface area contributed by atoms with Crippen molar-refractivity contribution in [3.63, 3.8) is 0 Å². The van der Waals surface area contributed by atoms with Crippen molar-refractivity contribution in [2.24, 2.45) is 0 Å². The fourth-order valence-electron chi connectivity index (χ4n) is 2.81. The third kappa shape index (κ3) is 2.31. The van der Waals surface area contributed by atoms with E-state index >= 15 is 0 Å². The molecule has 3 rings (SSSR count). The quantitative estimate of drug-likeness (QED) is 0.801. The Balaban J connectivity index is 1.68. The van der Waals surface area contributed by atoms with Gasteiger partial charge in [-0.1, -0.05) is 12.1 Å². The van der Waals surface area contributed by atoms with Crippen molar-refractivity contribution >= 4 is 17.7 Å². The average Bonchev–Trinajstić information content (AvgIpc) is 2.73. The Hall–Kier alpha value is -2.21. The van der Waals surface area contributed by atoms with Gasteiger partial charge < -0.3 is 5.32 Å². The zero-order valence-electron chi connectivity index (χ0n) is 11.8. The minimum absolute atomic E-state index is 0.0105. The molecule has 1 aromatic rings. The van der Waals surface area contributed by atoms with Crippen LogP contribution in [0.2, 0.25) is 0 Å². The summed E-state index contributed by atoms with van der Waals surface area (Å²) < 4.78 is 0. The highest BCUT2D eigenvalue weighted by Gasteiger charge is 2.35. The summed E-state index contributed by atoms with van der Waals surface area (Å²) in [4.78, 5) is 39.3. The van der Waals surface area contributed by atoms with Crippen LogP contribution in [-0.2, 0) is 4.79 Å². The number of carbonyl (C=O) groups excluding carboxylic acids is 3. The third-order valence-electron chi connectivity index (χ3n) is 4.11. The molecule has 3 amide bonds. The van der Waals surface area contributed by atoms with Crippen LogP contribution in [0.15, 0.2) is 24.3 Å². The van der Waals surface area contributed by atoms with Crippen molar-refractivity contribution in [2.45, 2.75) is 13.0 Å². The van der Waals surface area contributed by atoms with Crippen LogP contribution in [0.25, 0.3) is 0 Å². The topological polar surface area (TPSA) is 69.7 Å². The van der Waals surface area contributed by atoms with Crippen LogP contribution >= 0.6 is 0 Å². The standard InChI is InChI=1S/C15H17N3O3/c1-10-13(19)16-6-7-17(10)8-9-18-14(20)11-4-2-3-5-12(11)15(18)21/h2-5,10H,6-9H2,1H3,(H,16,19). The Labute approximate surface area is 122 Å². The van der Waals surface area contributed by atoms with E-state index in [-0.39, 0.29) is 23.8 Å². The normalized spacial score (nSPS) is 22.4. The van der Waals surface area contributed by atoms with E-state index in [9.17, 15) is 14.4 Å². The second-order valence-electron chi connectivity index (χ2n) is 5.31. The van der Waals surface area contributed by atoms with Crippen molar-refractivity contribution < 1.29 is 14.4 Å². The van der Waals surface area contributed by atoms with Crippen LogP contribution < -0.4 is 5.32 Å². The van der Waals surface area contributed by atoms with Crippen molar-refractivity contribution in [3.05, 3.63) is 35.4 Å². The number of imide groups is 1. The maximum atomic E-state index is 12.2. The summed E-state index contributed by atoms with van der Waals surface area (Å²) in [6.45, 7) is 3.99. The molecule has 1 saturated heterocycles. The van der Waals surface area contributed by atoms with Gasteiger partial charge in [0.15, 0.2) is 0 Å². The van der Waals surface area contributed by atoms with Gasteiger partial charge in [0.05, 0.1) is 17.2 Å². The number of carbonyl (C=O) groups is 3. The molecule has 21 heavy (non-hydrogen) atoms. The molecule has 2 aliphatic rings. The van der Waals surface area contributed by atoms with Crippen LogP contribution in [0.3, 0.4) is 0 Å². The van der Waals surface area contributed by atoms with E-state index in [0.717, 1.165) is 6.54 Å². The van der Waals surface area contributed by atoms with Crippen LogP contribution in [-0.4, -0.2) is 59.7 Å². The smallest absolute Gasteiger partial charge is 0.261 e. The molecule has 2 heterocycles. The molecular formula is C15H17N3O3. The Kier molecular flexibility index (Phi) is 3.47. The molecule has 0 saturated carbocycles. The van der Waals surface area contributed by atoms with Gasteiger partial charge in [-0.25, -0.2) is 0 Å². The minimum Gasteiger partial charge on any atom is -0.353 e. The largest absolute Gasteiger partial charge is 0.353 e. The fourth-order valence-corrected chi connectivity index (χ4v) is 2.81. The molecule has 6 heteroatoms. The third-order valence-corrected chi connectivity index (χ3v) is 4.11. The van der Waals surface area contributed by atoms with Gasteiger partial charge in [-0.15, -0.1) is 0 Å². The van der Waals surface area contributed by atoms with Gasteiger partial charge in [-0.3, -0.25) is 24.2 Å². The number of fused-ring (bicyclic) bond motifs is 1. The van der Waals surface area contributed by atoms with E-state index in [1.165, 1.54) is 4.90 Å². The summed E-state index contributed by atoms with van der Waals surface area (Å²) in [7, 11) is 0. The number of hydrogen-bond acceptors (Lipinski definition) is 4. The van der Waals surface area contributed by atoms with Crippen molar-refractivity contribution in [3.8, 4) is 0 Å². The number of piperazine rings is 1. The van der Waals surface area contributed by atoms with E-state index < -0.39 is 0 Å². The molecule has 2 aliphatic heterocycles. The zero-order chi connectivity index (χ0) is 15.0. The van der Waals surface area contributed by atoms with Gasteiger partial charge >= 0.3 is 0 Å². The lowest BCUT2D eigenvalue weighted by Crippen LogP contribution is -2.55. The Morgan fingerprint density at radius 2 is 1.71 bits per heavy atom. The van der Waals surface area contributed by atoms with Gasteiger partial charge in [-0.05, 0) is 19.1 Å². The molecule has 1 atom stereocenters. The molecule has 1 N–H and O–H groups in total. The number of amides is 3. The summed E-state index contributed by atoms with van der Waals surface area (Å²) in [6, 6.07) is 6.63. The molecule has 0 spiro atoms. The molecule has 0 aliphatic carbocycles. The van der Waals surface area contributed by atoms with Crippen LogP contribution in [0, 0.1) is 0 Å². The SMILES string of the molecule is CC1C(=O)NCCN1CCN1C(=O)c2ccccc2C1=O. The predicted octanol–water partition coefficient (Wildman–Crippen LogP) is 0.103. The fraction of sp³-hybridized carbons (Fsp3) is 0.400. The maximum absolute atomic E-state index is 12.2. The molecule has 0 aromatic heterocycles. The lowest BCUT2D eigenvalue weighted by Gasteiger charge is -2.33. The lowest BCUT2D eigenvalue weighted by atomic mass is 10.1. The first kappa shape index (κ1) is 13.8. The maximum Gasteiger partial charge on any atom is 0.261 e. The number of benzene rings is 1. The van der Waals surface area contributed by atoms with Gasteiger partial charge in [0.25, 0.3) is 11.8 Å². The van der Waals surface area contributed by atoms with E-state index in [1.54, 1.807) is 24.3 Å².